The Hall–Kier alpha value is -1.43. The Labute approximate surface area is 135 Å². The lowest BCUT2D eigenvalue weighted by Crippen LogP contribution is -2.39. The molecule has 0 aliphatic carbocycles. The number of unbranched alkanes of at least 4 members (excludes halogenated alkanes) is 1. The summed E-state index contributed by atoms with van der Waals surface area (Å²) in [6.45, 7) is 3.68. The lowest BCUT2D eigenvalue weighted by molar-refractivity contribution is -0.137. The number of piperidine rings is 1. The molecule has 0 spiro atoms. The third-order valence-electron chi connectivity index (χ3n) is 4.09. The molecule has 1 fully saturated rings. The first kappa shape index (κ1) is 16.9. The molecule has 22 heavy (non-hydrogen) atoms. The average molecular weight is 324 g/mol. The molecule has 1 saturated heterocycles. The highest BCUT2D eigenvalue weighted by Gasteiger charge is 2.26. The molecule has 1 aliphatic rings. The number of hydrogen-bond acceptors (Lipinski definition) is 4. The van der Waals surface area contributed by atoms with E-state index < -0.39 is 5.97 Å². The highest BCUT2D eigenvalue weighted by Crippen LogP contribution is 2.29. The monoisotopic (exact) mass is 324 g/mol. The van der Waals surface area contributed by atoms with Gasteiger partial charge in [0.25, 0.3) is 0 Å². The minimum atomic E-state index is -0.791. The second-order valence-electron chi connectivity index (χ2n) is 5.81. The summed E-state index contributed by atoms with van der Waals surface area (Å²) in [5.41, 5.74) is 1.14. The fourth-order valence-electron chi connectivity index (χ4n) is 2.79. The van der Waals surface area contributed by atoms with Gasteiger partial charge >= 0.3 is 5.97 Å². The summed E-state index contributed by atoms with van der Waals surface area (Å²) in [7, 11) is 0. The number of carboxylic acids is 1. The molecule has 1 atom stereocenters. The highest BCUT2D eigenvalue weighted by molar-refractivity contribution is 7.09. The van der Waals surface area contributed by atoms with Crippen LogP contribution < -0.4 is 0 Å². The van der Waals surface area contributed by atoms with Gasteiger partial charge in [0, 0.05) is 37.2 Å². The van der Waals surface area contributed by atoms with Gasteiger partial charge in [-0.3, -0.25) is 9.59 Å². The molecule has 2 rings (SSSR count). The van der Waals surface area contributed by atoms with Gasteiger partial charge < -0.3 is 10.0 Å². The van der Waals surface area contributed by atoms with Crippen molar-refractivity contribution in [1.82, 2.24) is 9.88 Å². The third-order valence-corrected chi connectivity index (χ3v) is 5.14. The van der Waals surface area contributed by atoms with E-state index in [-0.39, 0.29) is 12.3 Å². The molecule has 0 aromatic carbocycles. The van der Waals surface area contributed by atoms with Gasteiger partial charge in [-0.25, -0.2) is 4.98 Å². The second-order valence-corrected chi connectivity index (χ2v) is 6.70. The van der Waals surface area contributed by atoms with E-state index in [2.05, 4.69) is 17.3 Å². The van der Waals surface area contributed by atoms with E-state index in [1.54, 1.807) is 11.3 Å². The molecular weight excluding hydrogens is 300 g/mol. The fraction of sp³-hybridized carbons (Fsp3) is 0.688. The molecule has 1 unspecified atom stereocenters. The number of carbonyl (C=O) groups is 2. The quantitative estimate of drug-likeness (QED) is 0.783. The smallest absolute Gasteiger partial charge is 0.303 e. The number of hydrogen-bond donors (Lipinski definition) is 1. The number of thiazole rings is 1. The van der Waals surface area contributed by atoms with Crippen LogP contribution in [-0.4, -0.2) is 40.0 Å². The zero-order valence-corrected chi connectivity index (χ0v) is 13.9. The van der Waals surface area contributed by atoms with E-state index in [0.717, 1.165) is 43.1 Å². The first-order chi connectivity index (χ1) is 10.6. The molecule has 0 saturated carbocycles. The Morgan fingerprint density at radius 1 is 1.41 bits per heavy atom. The summed E-state index contributed by atoms with van der Waals surface area (Å²) in [4.78, 5) is 29.3. The Bertz CT molecular complexity index is 515. The first-order valence-electron chi connectivity index (χ1n) is 8.04. The first-order valence-corrected chi connectivity index (χ1v) is 8.92. The zero-order chi connectivity index (χ0) is 15.9. The van der Waals surface area contributed by atoms with Gasteiger partial charge in [-0.2, -0.15) is 0 Å². The number of likely N-dealkylation sites (tertiary alicyclic amines) is 1. The van der Waals surface area contributed by atoms with E-state index >= 15 is 0 Å². The molecule has 1 aromatic rings. The van der Waals surface area contributed by atoms with Crippen molar-refractivity contribution < 1.29 is 14.7 Å². The van der Waals surface area contributed by atoms with Crippen LogP contribution in [0.1, 0.15) is 62.1 Å². The van der Waals surface area contributed by atoms with Crippen molar-refractivity contribution in [1.29, 1.82) is 0 Å². The second kappa shape index (κ2) is 8.27. The Morgan fingerprint density at radius 3 is 2.86 bits per heavy atom. The predicted molar refractivity (Wildman–Crippen MR) is 86.2 cm³/mol. The van der Waals surface area contributed by atoms with Gasteiger partial charge in [0.2, 0.25) is 5.91 Å². The SMILES string of the molecule is CCc1csc(C2CCCN(C(=O)CCCCC(=O)O)C2)n1. The number of nitrogens with zero attached hydrogens (tertiary/aromatic N) is 2. The van der Waals surface area contributed by atoms with Crippen LogP contribution in [0.25, 0.3) is 0 Å². The van der Waals surface area contributed by atoms with Crippen LogP contribution in [0.15, 0.2) is 5.38 Å². The minimum absolute atomic E-state index is 0.148. The van der Waals surface area contributed by atoms with Gasteiger partial charge in [0.15, 0.2) is 0 Å². The van der Waals surface area contributed by atoms with Crippen LogP contribution in [0.2, 0.25) is 0 Å². The van der Waals surface area contributed by atoms with Crippen molar-refractivity contribution in [2.45, 2.75) is 57.8 Å². The van der Waals surface area contributed by atoms with Crippen molar-refractivity contribution in [2.24, 2.45) is 0 Å². The topological polar surface area (TPSA) is 70.5 Å². The number of carbonyl (C=O) groups excluding carboxylic acids is 1. The van der Waals surface area contributed by atoms with Crippen molar-refractivity contribution in [3.05, 3.63) is 16.1 Å². The van der Waals surface area contributed by atoms with Crippen molar-refractivity contribution in [2.75, 3.05) is 13.1 Å². The maximum atomic E-state index is 12.2. The van der Waals surface area contributed by atoms with Crippen molar-refractivity contribution in [3.63, 3.8) is 0 Å². The number of rotatable bonds is 7. The van der Waals surface area contributed by atoms with Crippen LogP contribution in [-0.2, 0) is 16.0 Å². The molecule has 1 amide bonds. The maximum Gasteiger partial charge on any atom is 0.303 e. The molecule has 0 bridgehead atoms. The molecule has 2 heterocycles. The standard InChI is InChI=1S/C16H24N2O3S/c1-2-13-11-22-16(17-13)12-6-5-9-18(10-12)14(19)7-3-4-8-15(20)21/h11-12H,2-10H2,1H3,(H,20,21). The Balaban J connectivity index is 1.82. The molecule has 1 aliphatic heterocycles. The molecule has 1 aromatic heterocycles. The number of amides is 1. The van der Waals surface area contributed by atoms with E-state index in [0.29, 0.717) is 25.2 Å². The molecule has 5 nitrogen and oxygen atoms in total. The number of carboxylic acid groups (broad SMARTS) is 1. The highest BCUT2D eigenvalue weighted by atomic mass is 32.1. The van der Waals surface area contributed by atoms with Crippen LogP contribution in [0.4, 0.5) is 0 Å². The predicted octanol–water partition coefficient (Wildman–Crippen LogP) is 3.06. The average Bonchev–Trinajstić information content (AvgIpc) is 3.00. The summed E-state index contributed by atoms with van der Waals surface area (Å²) < 4.78 is 0. The van der Waals surface area contributed by atoms with Gasteiger partial charge in [-0.05, 0) is 32.1 Å². The third kappa shape index (κ3) is 4.80. The number of aryl methyl sites for hydroxylation is 1. The van der Waals surface area contributed by atoms with E-state index in [4.69, 9.17) is 5.11 Å². The zero-order valence-electron chi connectivity index (χ0n) is 13.1. The largest absolute Gasteiger partial charge is 0.481 e. The van der Waals surface area contributed by atoms with Gasteiger partial charge in [-0.1, -0.05) is 6.92 Å². The van der Waals surface area contributed by atoms with Gasteiger partial charge in [-0.15, -0.1) is 11.3 Å². The van der Waals surface area contributed by atoms with Crippen LogP contribution >= 0.6 is 11.3 Å². The molecular formula is C16H24N2O3S. The van der Waals surface area contributed by atoms with Crippen LogP contribution in [0, 0.1) is 0 Å². The molecule has 1 N–H and O–H groups in total. The van der Waals surface area contributed by atoms with E-state index in [9.17, 15) is 9.59 Å². The minimum Gasteiger partial charge on any atom is -0.481 e. The van der Waals surface area contributed by atoms with Gasteiger partial charge in [0.1, 0.15) is 0 Å². The summed E-state index contributed by atoms with van der Waals surface area (Å²) >= 11 is 1.70. The van der Waals surface area contributed by atoms with Crippen molar-refractivity contribution >= 4 is 23.2 Å². The maximum absolute atomic E-state index is 12.2. The summed E-state index contributed by atoms with van der Waals surface area (Å²) in [6.07, 6.45) is 4.91. The molecule has 122 valence electrons. The lowest BCUT2D eigenvalue weighted by Gasteiger charge is -2.32. The number of aromatic nitrogens is 1. The summed E-state index contributed by atoms with van der Waals surface area (Å²) in [6, 6.07) is 0. The Kier molecular flexibility index (Phi) is 6.36. The summed E-state index contributed by atoms with van der Waals surface area (Å²) in [5, 5.41) is 11.9. The van der Waals surface area contributed by atoms with Crippen LogP contribution in [0.5, 0.6) is 0 Å². The summed E-state index contributed by atoms with van der Waals surface area (Å²) in [5.74, 6) is -0.273. The normalized spacial score (nSPS) is 18.4. The van der Waals surface area contributed by atoms with E-state index in [1.807, 2.05) is 4.90 Å². The van der Waals surface area contributed by atoms with Crippen molar-refractivity contribution in [3.8, 4) is 0 Å². The fourth-order valence-corrected chi connectivity index (χ4v) is 3.82. The molecule has 6 heteroatoms. The molecule has 0 radical (unpaired) electrons. The van der Waals surface area contributed by atoms with Crippen LogP contribution in [0.3, 0.4) is 0 Å². The van der Waals surface area contributed by atoms with Gasteiger partial charge in [0.05, 0.1) is 10.7 Å². The lowest BCUT2D eigenvalue weighted by atomic mass is 9.98. The number of aliphatic carboxylic acids is 1. The Morgan fingerprint density at radius 2 is 2.18 bits per heavy atom. The van der Waals surface area contributed by atoms with E-state index in [1.165, 1.54) is 0 Å².